The number of carboxylic acid groups (broad SMARTS) is 1. The van der Waals surface area contributed by atoms with Gasteiger partial charge in [-0.25, -0.2) is 4.79 Å². The molecule has 1 atom stereocenters. The summed E-state index contributed by atoms with van der Waals surface area (Å²) in [5.74, 6) is -1.46. The highest BCUT2D eigenvalue weighted by atomic mass is 16.6. The Hall–Kier alpha value is -2.12. The van der Waals surface area contributed by atoms with Crippen LogP contribution in [0, 0.1) is 10.1 Å². The molecule has 0 spiro atoms. The Morgan fingerprint density at radius 3 is 3.07 bits per heavy atom. The van der Waals surface area contributed by atoms with Gasteiger partial charge < -0.3 is 20.0 Å². The maximum Gasteiger partial charge on any atom is 0.415 e. The molecule has 74 valence electrons. The first-order chi connectivity index (χ1) is 6.58. The Bertz CT molecular complexity index is 388. The van der Waals surface area contributed by atoms with Crippen molar-refractivity contribution in [1.29, 1.82) is 0 Å². The number of aliphatic carboxylic acids is 1. The van der Waals surface area contributed by atoms with E-state index in [0.717, 1.165) is 6.20 Å². The molecular formula is C6H5N3O5. The van der Waals surface area contributed by atoms with Crippen LogP contribution in [0.1, 0.15) is 0 Å². The molecule has 0 saturated carbocycles. The molecule has 0 aromatic carbocycles. The van der Waals surface area contributed by atoms with Gasteiger partial charge in [0.2, 0.25) is 6.10 Å². The van der Waals surface area contributed by atoms with Gasteiger partial charge >= 0.3 is 17.8 Å². The van der Waals surface area contributed by atoms with Crippen molar-refractivity contribution in [1.82, 2.24) is 9.55 Å². The Morgan fingerprint density at radius 2 is 2.57 bits per heavy atom. The second kappa shape index (κ2) is 2.69. The van der Waals surface area contributed by atoms with Crippen LogP contribution in [-0.4, -0.2) is 31.7 Å². The molecule has 1 aliphatic rings. The van der Waals surface area contributed by atoms with Crippen LogP contribution in [0.4, 0.5) is 5.82 Å². The number of aromatic nitrogens is 2. The van der Waals surface area contributed by atoms with E-state index in [4.69, 9.17) is 9.84 Å². The molecule has 8 heteroatoms. The summed E-state index contributed by atoms with van der Waals surface area (Å²) in [6.07, 6.45) is 0.149. The highest BCUT2D eigenvalue weighted by Crippen LogP contribution is 2.24. The van der Waals surface area contributed by atoms with Crippen molar-refractivity contribution < 1.29 is 19.6 Å². The second-order valence-electron chi connectivity index (χ2n) is 2.74. The molecule has 2 rings (SSSR count). The summed E-state index contributed by atoms with van der Waals surface area (Å²) >= 11 is 0. The minimum atomic E-state index is -1.11. The topological polar surface area (TPSA) is 107 Å². The molecule has 0 saturated heterocycles. The number of fused-ring (bicyclic) bond motifs is 1. The number of hydrogen-bond donors (Lipinski definition) is 1. The molecule has 8 nitrogen and oxygen atoms in total. The summed E-state index contributed by atoms with van der Waals surface area (Å²) in [5, 5.41) is 18.9. The van der Waals surface area contributed by atoms with Crippen molar-refractivity contribution in [3.8, 4) is 6.01 Å². The van der Waals surface area contributed by atoms with Gasteiger partial charge in [-0.2, -0.15) is 0 Å². The fourth-order valence-corrected chi connectivity index (χ4v) is 1.17. The lowest BCUT2D eigenvalue weighted by atomic mass is 10.4. The van der Waals surface area contributed by atoms with Gasteiger partial charge in [-0.1, -0.05) is 0 Å². The molecule has 1 N–H and O–H groups in total. The zero-order valence-corrected chi connectivity index (χ0v) is 6.78. The molecule has 0 radical (unpaired) electrons. The minimum Gasteiger partial charge on any atom is -0.478 e. The molecule has 2 heterocycles. The highest BCUT2D eigenvalue weighted by Gasteiger charge is 2.35. The summed E-state index contributed by atoms with van der Waals surface area (Å²) in [7, 11) is 0. The highest BCUT2D eigenvalue weighted by molar-refractivity contribution is 5.73. The smallest absolute Gasteiger partial charge is 0.415 e. The Kier molecular flexibility index (Phi) is 1.63. The molecule has 0 fully saturated rings. The average Bonchev–Trinajstić information content (AvgIpc) is 2.57. The first-order valence-electron chi connectivity index (χ1n) is 3.69. The van der Waals surface area contributed by atoms with E-state index in [0.29, 0.717) is 0 Å². The summed E-state index contributed by atoms with van der Waals surface area (Å²) < 4.78 is 6.15. The SMILES string of the molecule is O=C(O)C1Cn2cc([N+](=O)[O-])nc2O1. The fraction of sp³-hybridized carbons (Fsp3) is 0.333. The predicted octanol–water partition coefficient (Wildman–Crippen LogP) is -0.363. The number of nitro groups is 1. The molecule has 1 aromatic heterocycles. The van der Waals surface area contributed by atoms with Crippen LogP contribution >= 0.6 is 0 Å². The molecule has 0 aliphatic carbocycles. The third kappa shape index (κ3) is 1.16. The van der Waals surface area contributed by atoms with Gasteiger partial charge in [0.15, 0.2) is 0 Å². The molecule has 1 unspecified atom stereocenters. The molecule has 0 bridgehead atoms. The zero-order chi connectivity index (χ0) is 10.3. The van der Waals surface area contributed by atoms with Crippen molar-refractivity contribution in [2.75, 3.05) is 0 Å². The number of hydrogen-bond acceptors (Lipinski definition) is 5. The number of carboxylic acids is 1. The normalized spacial score (nSPS) is 18.7. The van der Waals surface area contributed by atoms with E-state index in [2.05, 4.69) is 4.98 Å². The fourth-order valence-electron chi connectivity index (χ4n) is 1.17. The van der Waals surface area contributed by atoms with E-state index in [-0.39, 0.29) is 18.4 Å². The van der Waals surface area contributed by atoms with Gasteiger partial charge in [0.1, 0.15) is 6.20 Å². The summed E-state index contributed by atoms with van der Waals surface area (Å²) in [6.45, 7) is 0.0471. The molecule has 14 heavy (non-hydrogen) atoms. The van der Waals surface area contributed by atoms with Gasteiger partial charge in [0.25, 0.3) is 0 Å². The second-order valence-corrected chi connectivity index (χ2v) is 2.74. The molecular weight excluding hydrogens is 194 g/mol. The zero-order valence-electron chi connectivity index (χ0n) is 6.78. The summed E-state index contributed by atoms with van der Waals surface area (Å²) in [6, 6.07) is -0.0240. The van der Waals surface area contributed by atoms with Gasteiger partial charge in [-0.05, 0) is 4.92 Å². The number of imidazole rings is 1. The minimum absolute atomic E-state index is 0.0240. The van der Waals surface area contributed by atoms with Crippen LogP contribution in [0.5, 0.6) is 6.01 Å². The Balaban J connectivity index is 2.24. The van der Waals surface area contributed by atoms with Crippen LogP contribution in [0.3, 0.4) is 0 Å². The maximum absolute atomic E-state index is 10.5. The lowest BCUT2D eigenvalue weighted by Crippen LogP contribution is -2.25. The lowest BCUT2D eigenvalue weighted by molar-refractivity contribution is -0.389. The first-order valence-corrected chi connectivity index (χ1v) is 3.69. The van der Waals surface area contributed by atoms with Crippen LogP contribution in [0.2, 0.25) is 0 Å². The molecule has 1 aromatic rings. The van der Waals surface area contributed by atoms with E-state index >= 15 is 0 Å². The Labute approximate surface area is 76.9 Å². The van der Waals surface area contributed by atoms with Crippen molar-refractivity contribution in [2.45, 2.75) is 12.6 Å². The standard InChI is InChI=1S/C6H5N3O5/c10-5(11)3-1-8-2-4(9(12)13)7-6(8)14-3/h2-3H,1H2,(H,10,11). The van der Waals surface area contributed by atoms with Crippen molar-refractivity contribution in [3.05, 3.63) is 16.3 Å². The van der Waals surface area contributed by atoms with E-state index in [1.165, 1.54) is 4.57 Å². The summed E-state index contributed by atoms with van der Waals surface area (Å²) in [4.78, 5) is 23.6. The van der Waals surface area contributed by atoms with Crippen molar-refractivity contribution in [2.24, 2.45) is 0 Å². The quantitative estimate of drug-likeness (QED) is 0.514. The van der Waals surface area contributed by atoms with E-state index < -0.39 is 17.0 Å². The number of nitrogens with zero attached hydrogens (tertiary/aromatic N) is 3. The predicted molar refractivity (Wildman–Crippen MR) is 40.9 cm³/mol. The lowest BCUT2D eigenvalue weighted by Gasteiger charge is -1.99. The Morgan fingerprint density at radius 1 is 1.86 bits per heavy atom. The van der Waals surface area contributed by atoms with Crippen LogP contribution in [0.15, 0.2) is 6.20 Å². The van der Waals surface area contributed by atoms with E-state index in [1.54, 1.807) is 0 Å². The number of ether oxygens (including phenoxy) is 1. The monoisotopic (exact) mass is 199 g/mol. The maximum atomic E-state index is 10.5. The first kappa shape index (κ1) is 8.48. The molecule has 1 aliphatic heterocycles. The number of rotatable bonds is 2. The van der Waals surface area contributed by atoms with Crippen LogP contribution < -0.4 is 4.74 Å². The van der Waals surface area contributed by atoms with Crippen molar-refractivity contribution in [3.63, 3.8) is 0 Å². The van der Waals surface area contributed by atoms with E-state index in [1.807, 2.05) is 0 Å². The van der Waals surface area contributed by atoms with Gasteiger partial charge in [0, 0.05) is 4.98 Å². The van der Waals surface area contributed by atoms with Crippen LogP contribution in [0.25, 0.3) is 0 Å². The summed E-state index contributed by atoms with van der Waals surface area (Å²) in [5.41, 5.74) is 0. The van der Waals surface area contributed by atoms with Crippen molar-refractivity contribution >= 4 is 11.8 Å². The average molecular weight is 199 g/mol. The van der Waals surface area contributed by atoms with Gasteiger partial charge in [-0.3, -0.25) is 4.57 Å². The van der Waals surface area contributed by atoms with Crippen LogP contribution in [-0.2, 0) is 11.3 Å². The third-order valence-corrected chi connectivity index (χ3v) is 1.80. The van der Waals surface area contributed by atoms with Gasteiger partial charge in [-0.15, -0.1) is 0 Å². The third-order valence-electron chi connectivity index (χ3n) is 1.80. The molecule has 0 amide bonds. The largest absolute Gasteiger partial charge is 0.478 e. The van der Waals surface area contributed by atoms with E-state index in [9.17, 15) is 14.9 Å². The number of carbonyl (C=O) groups is 1. The van der Waals surface area contributed by atoms with Gasteiger partial charge in [0.05, 0.1) is 6.54 Å².